The summed E-state index contributed by atoms with van der Waals surface area (Å²) in [6, 6.07) is 17.2. The van der Waals surface area contributed by atoms with Gasteiger partial charge in [0.1, 0.15) is 0 Å². The molecule has 0 aliphatic carbocycles. The lowest BCUT2D eigenvalue weighted by atomic mass is 10.1. The number of sulfonamides is 1. The van der Waals surface area contributed by atoms with E-state index in [0.29, 0.717) is 18.7 Å². The van der Waals surface area contributed by atoms with E-state index in [-0.39, 0.29) is 23.4 Å². The highest BCUT2D eigenvalue weighted by molar-refractivity contribution is 7.89. The molecule has 7 nitrogen and oxygen atoms in total. The van der Waals surface area contributed by atoms with Crippen LogP contribution in [0.4, 0.5) is 0 Å². The fourth-order valence-corrected chi connectivity index (χ4v) is 5.19. The molecule has 1 fully saturated rings. The second-order valence-electron chi connectivity index (χ2n) is 7.03. The molecule has 2 aromatic carbocycles. The summed E-state index contributed by atoms with van der Waals surface area (Å²) in [7, 11) is -3.64. The summed E-state index contributed by atoms with van der Waals surface area (Å²) >= 11 is 0. The highest BCUT2D eigenvalue weighted by atomic mass is 32.2. The lowest BCUT2D eigenvalue weighted by Crippen LogP contribution is -2.55. The second kappa shape index (κ2) is 7.81. The number of piperazine rings is 1. The van der Waals surface area contributed by atoms with Crippen molar-refractivity contribution < 1.29 is 13.2 Å². The van der Waals surface area contributed by atoms with Crippen LogP contribution in [0.25, 0.3) is 5.69 Å². The van der Waals surface area contributed by atoms with E-state index in [0.717, 1.165) is 5.69 Å². The van der Waals surface area contributed by atoms with Crippen molar-refractivity contribution in [2.24, 2.45) is 0 Å². The lowest BCUT2D eigenvalue weighted by molar-refractivity contribution is 0.0642. The first-order chi connectivity index (χ1) is 14.0. The van der Waals surface area contributed by atoms with Gasteiger partial charge in [0.2, 0.25) is 10.0 Å². The Morgan fingerprint density at radius 1 is 1.00 bits per heavy atom. The molecule has 2 heterocycles. The molecule has 0 saturated carbocycles. The first-order valence-electron chi connectivity index (χ1n) is 9.43. The van der Waals surface area contributed by atoms with E-state index < -0.39 is 10.0 Å². The first kappa shape index (κ1) is 19.4. The van der Waals surface area contributed by atoms with Gasteiger partial charge in [-0.15, -0.1) is 0 Å². The number of amides is 1. The Morgan fingerprint density at radius 3 is 2.34 bits per heavy atom. The molecular formula is C21H22N4O3S. The summed E-state index contributed by atoms with van der Waals surface area (Å²) in [5.41, 5.74) is 1.41. The molecule has 1 aliphatic rings. The summed E-state index contributed by atoms with van der Waals surface area (Å²) in [5, 5.41) is 4.15. The lowest BCUT2D eigenvalue weighted by Gasteiger charge is -2.39. The second-order valence-corrected chi connectivity index (χ2v) is 8.92. The standard InChI is InChI=1S/C21H22N4O3S/c1-17-16-23(21(26)18-6-3-2-4-7-18)14-15-25(17)29(27,28)20-10-8-19(9-11-20)24-13-5-12-22-24/h2-13,17H,14-16H2,1H3/t17-/m1/s1. The molecule has 1 saturated heterocycles. The van der Waals surface area contributed by atoms with Crippen molar-refractivity contribution in [3.63, 3.8) is 0 Å². The van der Waals surface area contributed by atoms with Gasteiger partial charge in [-0.2, -0.15) is 9.40 Å². The molecule has 8 heteroatoms. The van der Waals surface area contributed by atoms with Gasteiger partial charge in [0.05, 0.1) is 10.6 Å². The fourth-order valence-electron chi connectivity index (χ4n) is 3.57. The summed E-state index contributed by atoms with van der Waals surface area (Å²) < 4.78 is 29.4. The van der Waals surface area contributed by atoms with Crippen LogP contribution in [0.1, 0.15) is 17.3 Å². The van der Waals surface area contributed by atoms with Gasteiger partial charge in [-0.1, -0.05) is 18.2 Å². The zero-order chi connectivity index (χ0) is 20.4. The average molecular weight is 410 g/mol. The molecule has 29 heavy (non-hydrogen) atoms. The zero-order valence-corrected chi connectivity index (χ0v) is 16.9. The average Bonchev–Trinajstić information content (AvgIpc) is 3.28. The largest absolute Gasteiger partial charge is 0.336 e. The van der Waals surface area contributed by atoms with Crippen LogP contribution in [0.15, 0.2) is 78.0 Å². The van der Waals surface area contributed by atoms with Gasteiger partial charge < -0.3 is 4.90 Å². The molecule has 0 radical (unpaired) electrons. The topological polar surface area (TPSA) is 75.5 Å². The Hall–Kier alpha value is -2.97. The Balaban J connectivity index is 1.49. The molecule has 0 N–H and O–H groups in total. The maximum atomic E-state index is 13.1. The smallest absolute Gasteiger partial charge is 0.253 e. The summed E-state index contributed by atoms with van der Waals surface area (Å²) in [6.07, 6.45) is 3.47. The van der Waals surface area contributed by atoms with Crippen LogP contribution in [0.3, 0.4) is 0 Å². The predicted octanol–water partition coefficient (Wildman–Crippen LogP) is 2.41. The monoisotopic (exact) mass is 410 g/mol. The van der Waals surface area contributed by atoms with Crippen LogP contribution in [0.5, 0.6) is 0 Å². The van der Waals surface area contributed by atoms with Crippen LogP contribution >= 0.6 is 0 Å². The first-order valence-corrected chi connectivity index (χ1v) is 10.9. The van der Waals surface area contributed by atoms with Crippen LogP contribution < -0.4 is 0 Å². The highest BCUT2D eigenvalue weighted by Gasteiger charge is 2.35. The van der Waals surface area contributed by atoms with Crippen molar-refractivity contribution >= 4 is 15.9 Å². The van der Waals surface area contributed by atoms with Crippen molar-refractivity contribution in [2.45, 2.75) is 17.9 Å². The Morgan fingerprint density at radius 2 is 1.72 bits per heavy atom. The van der Waals surface area contributed by atoms with Crippen molar-refractivity contribution in [1.82, 2.24) is 19.0 Å². The molecular weight excluding hydrogens is 388 g/mol. The number of benzene rings is 2. The van der Waals surface area contributed by atoms with Gasteiger partial charge >= 0.3 is 0 Å². The maximum absolute atomic E-state index is 13.1. The van der Waals surface area contributed by atoms with Gasteiger partial charge in [0.15, 0.2) is 0 Å². The van der Waals surface area contributed by atoms with Gasteiger partial charge in [-0.3, -0.25) is 4.79 Å². The third kappa shape index (κ3) is 3.81. The van der Waals surface area contributed by atoms with Crippen molar-refractivity contribution in [2.75, 3.05) is 19.6 Å². The Bertz CT molecular complexity index is 1080. The molecule has 0 spiro atoms. The molecule has 150 valence electrons. The summed E-state index contributed by atoms with van der Waals surface area (Å²) in [6.45, 7) is 2.82. The molecule has 1 amide bonds. The van der Waals surface area contributed by atoms with E-state index in [1.165, 1.54) is 4.31 Å². The number of carbonyl (C=O) groups is 1. The van der Waals surface area contributed by atoms with Crippen molar-refractivity contribution in [1.29, 1.82) is 0 Å². The van der Waals surface area contributed by atoms with Crippen LogP contribution in [0, 0.1) is 0 Å². The molecule has 0 bridgehead atoms. The normalized spacial score (nSPS) is 18.0. The minimum Gasteiger partial charge on any atom is -0.336 e. The van der Waals surface area contributed by atoms with E-state index in [2.05, 4.69) is 5.10 Å². The van der Waals surface area contributed by atoms with Gasteiger partial charge in [-0.25, -0.2) is 13.1 Å². The molecule has 0 unspecified atom stereocenters. The molecule has 4 rings (SSSR count). The van der Waals surface area contributed by atoms with E-state index in [9.17, 15) is 13.2 Å². The minimum atomic E-state index is -3.64. The third-order valence-corrected chi connectivity index (χ3v) is 7.11. The van der Waals surface area contributed by atoms with Crippen LogP contribution in [-0.4, -0.2) is 59.0 Å². The molecule has 1 atom stereocenters. The zero-order valence-electron chi connectivity index (χ0n) is 16.0. The van der Waals surface area contributed by atoms with Gasteiger partial charge in [-0.05, 0) is 49.4 Å². The number of hydrogen-bond donors (Lipinski definition) is 0. The SMILES string of the molecule is C[C@@H]1CN(C(=O)c2ccccc2)CCN1S(=O)(=O)c1ccc(-n2cccn2)cc1. The number of aromatic nitrogens is 2. The number of rotatable bonds is 4. The van der Waals surface area contributed by atoms with Crippen molar-refractivity contribution in [3.8, 4) is 5.69 Å². The van der Waals surface area contributed by atoms with E-state index >= 15 is 0 Å². The van der Waals surface area contributed by atoms with Crippen LogP contribution in [-0.2, 0) is 10.0 Å². The third-order valence-electron chi connectivity index (χ3n) is 5.09. The van der Waals surface area contributed by atoms with E-state index in [1.807, 2.05) is 31.2 Å². The number of hydrogen-bond acceptors (Lipinski definition) is 4. The van der Waals surface area contributed by atoms with Crippen molar-refractivity contribution in [3.05, 3.63) is 78.6 Å². The molecule has 1 aromatic heterocycles. The maximum Gasteiger partial charge on any atom is 0.253 e. The molecule has 1 aliphatic heterocycles. The van der Waals surface area contributed by atoms with E-state index in [1.54, 1.807) is 58.4 Å². The molecule has 3 aromatic rings. The highest BCUT2D eigenvalue weighted by Crippen LogP contribution is 2.23. The fraction of sp³-hybridized carbons (Fsp3) is 0.238. The van der Waals surface area contributed by atoms with Gasteiger partial charge in [0.25, 0.3) is 5.91 Å². The van der Waals surface area contributed by atoms with Crippen LogP contribution in [0.2, 0.25) is 0 Å². The Kier molecular flexibility index (Phi) is 5.21. The Labute approximate surface area is 170 Å². The predicted molar refractivity (Wildman–Crippen MR) is 109 cm³/mol. The minimum absolute atomic E-state index is 0.0712. The van der Waals surface area contributed by atoms with Gasteiger partial charge in [0, 0.05) is 43.6 Å². The van der Waals surface area contributed by atoms with E-state index in [4.69, 9.17) is 0 Å². The summed E-state index contributed by atoms with van der Waals surface area (Å²) in [5.74, 6) is -0.0712. The number of nitrogens with zero attached hydrogens (tertiary/aromatic N) is 4. The quantitative estimate of drug-likeness (QED) is 0.662. The number of carbonyl (C=O) groups excluding carboxylic acids is 1. The summed E-state index contributed by atoms with van der Waals surface area (Å²) in [4.78, 5) is 14.6.